The first-order valence-electron chi connectivity index (χ1n) is 9.53. The average molecular weight is 467 g/mol. The van der Waals surface area contributed by atoms with Gasteiger partial charge in [0.2, 0.25) is 0 Å². The quantitative estimate of drug-likeness (QED) is 0.369. The molecule has 0 aromatic heterocycles. The van der Waals surface area contributed by atoms with E-state index in [4.69, 9.17) is 19.2 Å². The summed E-state index contributed by atoms with van der Waals surface area (Å²) >= 11 is 0. The summed E-state index contributed by atoms with van der Waals surface area (Å²) in [6, 6.07) is 0. The Morgan fingerprint density at radius 1 is 1.28 bits per heavy atom. The van der Waals surface area contributed by atoms with Gasteiger partial charge in [0.15, 0.2) is 5.96 Å². The second kappa shape index (κ2) is 10.3. The molecule has 0 bridgehead atoms. The van der Waals surface area contributed by atoms with Crippen molar-refractivity contribution in [2.45, 2.75) is 51.7 Å². The molecular weight excluding hydrogens is 433 g/mol. The summed E-state index contributed by atoms with van der Waals surface area (Å²) in [4.78, 5) is 7.23. The van der Waals surface area contributed by atoms with Crippen LogP contribution in [0.1, 0.15) is 39.5 Å². The Morgan fingerprint density at radius 2 is 2.04 bits per heavy atom. The molecule has 7 heteroatoms. The fraction of sp³-hybridized carbons (Fsp3) is 0.944. The molecule has 3 heterocycles. The molecule has 0 aromatic carbocycles. The van der Waals surface area contributed by atoms with E-state index in [1.165, 1.54) is 6.42 Å². The fourth-order valence-corrected chi connectivity index (χ4v) is 3.49. The van der Waals surface area contributed by atoms with Gasteiger partial charge in [-0.1, -0.05) is 6.92 Å². The number of likely N-dealkylation sites (tertiary alicyclic amines) is 1. The van der Waals surface area contributed by atoms with Crippen LogP contribution in [-0.2, 0) is 14.2 Å². The molecule has 3 rings (SSSR count). The predicted octanol–water partition coefficient (Wildman–Crippen LogP) is 2.27. The Hall–Kier alpha value is -0.120. The van der Waals surface area contributed by atoms with Gasteiger partial charge in [0.25, 0.3) is 0 Å². The number of ether oxygens (including phenoxy) is 3. The van der Waals surface area contributed by atoms with E-state index in [9.17, 15) is 0 Å². The maximum Gasteiger partial charge on any atom is 0.193 e. The minimum absolute atomic E-state index is 0. The molecule has 0 amide bonds. The maximum absolute atomic E-state index is 6.07. The molecule has 3 saturated heterocycles. The second-order valence-corrected chi connectivity index (χ2v) is 7.63. The molecular formula is C18H34IN3O3. The number of hydrogen-bond donors (Lipinski definition) is 1. The number of nitrogens with one attached hydrogen (secondary N) is 1. The Bertz CT molecular complexity index is 418. The van der Waals surface area contributed by atoms with Gasteiger partial charge < -0.3 is 24.4 Å². The highest BCUT2D eigenvalue weighted by atomic mass is 127. The summed E-state index contributed by atoms with van der Waals surface area (Å²) in [6.07, 6.45) is 5.16. The highest BCUT2D eigenvalue weighted by molar-refractivity contribution is 14.0. The molecule has 0 spiro atoms. The van der Waals surface area contributed by atoms with Gasteiger partial charge in [-0.15, -0.1) is 24.0 Å². The topological polar surface area (TPSA) is 55.3 Å². The van der Waals surface area contributed by atoms with Crippen LogP contribution in [0, 0.1) is 5.41 Å². The number of nitrogens with zero attached hydrogens (tertiary/aromatic N) is 2. The maximum atomic E-state index is 6.07. The van der Waals surface area contributed by atoms with E-state index in [-0.39, 0.29) is 29.4 Å². The summed E-state index contributed by atoms with van der Waals surface area (Å²) in [6.45, 7) is 11.5. The lowest BCUT2D eigenvalue weighted by atomic mass is 9.89. The fourth-order valence-electron chi connectivity index (χ4n) is 3.49. The highest BCUT2D eigenvalue weighted by Gasteiger charge is 2.33. The van der Waals surface area contributed by atoms with Gasteiger partial charge in [-0.25, -0.2) is 0 Å². The minimum atomic E-state index is 0. The zero-order valence-corrected chi connectivity index (χ0v) is 18.0. The largest absolute Gasteiger partial charge is 0.380 e. The molecule has 0 saturated carbocycles. The van der Waals surface area contributed by atoms with Gasteiger partial charge in [0.05, 0.1) is 38.6 Å². The summed E-state index contributed by atoms with van der Waals surface area (Å²) in [5.41, 5.74) is 0.226. The van der Waals surface area contributed by atoms with Gasteiger partial charge in [-0.2, -0.15) is 0 Å². The van der Waals surface area contributed by atoms with Gasteiger partial charge in [0.1, 0.15) is 0 Å². The molecule has 0 aromatic rings. The Morgan fingerprint density at radius 3 is 2.60 bits per heavy atom. The van der Waals surface area contributed by atoms with Crippen LogP contribution >= 0.6 is 24.0 Å². The number of rotatable bonds is 6. The zero-order chi connectivity index (χ0) is 16.8. The van der Waals surface area contributed by atoms with Crippen molar-refractivity contribution >= 4 is 29.9 Å². The number of aliphatic imine (C=N–C) groups is 1. The van der Waals surface area contributed by atoms with Gasteiger partial charge in [-0.3, -0.25) is 4.99 Å². The van der Waals surface area contributed by atoms with Crippen LogP contribution in [0.25, 0.3) is 0 Å². The van der Waals surface area contributed by atoms with Crippen LogP contribution < -0.4 is 5.32 Å². The van der Waals surface area contributed by atoms with Crippen molar-refractivity contribution < 1.29 is 14.2 Å². The molecule has 3 fully saturated rings. The predicted molar refractivity (Wildman–Crippen MR) is 110 cm³/mol. The van der Waals surface area contributed by atoms with Gasteiger partial charge >= 0.3 is 0 Å². The van der Waals surface area contributed by atoms with Crippen molar-refractivity contribution in [3.05, 3.63) is 0 Å². The van der Waals surface area contributed by atoms with Crippen molar-refractivity contribution in [1.82, 2.24) is 10.2 Å². The number of halogens is 1. The van der Waals surface area contributed by atoms with Crippen molar-refractivity contribution in [3.63, 3.8) is 0 Å². The van der Waals surface area contributed by atoms with Crippen molar-refractivity contribution in [3.8, 4) is 0 Å². The Kier molecular flexibility index (Phi) is 8.71. The van der Waals surface area contributed by atoms with E-state index in [2.05, 4.69) is 24.1 Å². The zero-order valence-electron chi connectivity index (χ0n) is 15.7. The number of piperidine rings is 1. The van der Waals surface area contributed by atoms with Crippen LogP contribution in [-0.4, -0.2) is 75.7 Å². The third kappa shape index (κ3) is 6.22. The Labute approximate surface area is 169 Å². The lowest BCUT2D eigenvalue weighted by molar-refractivity contribution is -0.0946. The lowest BCUT2D eigenvalue weighted by Crippen LogP contribution is -2.48. The molecule has 0 aliphatic carbocycles. The highest BCUT2D eigenvalue weighted by Crippen LogP contribution is 2.26. The van der Waals surface area contributed by atoms with Crippen LogP contribution in [0.4, 0.5) is 0 Å². The first-order chi connectivity index (χ1) is 11.7. The standard InChI is InChI=1S/C18H33N3O3.HI/c1-3-19-17(20-12-18(2)13-22-14-18)21-8-6-15(7-9-21)24-11-16-5-4-10-23-16;/h15-16H,3-14H2,1-2H3,(H,19,20);1H. The molecule has 25 heavy (non-hydrogen) atoms. The van der Waals surface area contributed by atoms with Crippen molar-refractivity contribution in [2.24, 2.45) is 10.4 Å². The minimum Gasteiger partial charge on any atom is -0.380 e. The number of hydrogen-bond acceptors (Lipinski definition) is 4. The van der Waals surface area contributed by atoms with E-state index in [0.717, 1.165) is 77.8 Å². The summed E-state index contributed by atoms with van der Waals surface area (Å²) < 4.78 is 17.0. The first-order valence-corrected chi connectivity index (χ1v) is 9.53. The monoisotopic (exact) mass is 467 g/mol. The van der Waals surface area contributed by atoms with E-state index < -0.39 is 0 Å². The molecule has 146 valence electrons. The van der Waals surface area contributed by atoms with Gasteiger partial charge in [0, 0.05) is 31.7 Å². The van der Waals surface area contributed by atoms with Crippen molar-refractivity contribution in [2.75, 3.05) is 52.6 Å². The number of guanidine groups is 1. The van der Waals surface area contributed by atoms with E-state index in [1.807, 2.05) is 0 Å². The third-order valence-electron chi connectivity index (χ3n) is 5.13. The molecule has 3 aliphatic heterocycles. The molecule has 1 N–H and O–H groups in total. The molecule has 6 nitrogen and oxygen atoms in total. The lowest BCUT2D eigenvalue weighted by Gasteiger charge is -2.38. The SMILES string of the molecule is CCNC(=NCC1(C)COC1)N1CCC(OCC2CCCO2)CC1.I. The van der Waals surface area contributed by atoms with E-state index in [1.54, 1.807) is 0 Å². The van der Waals surface area contributed by atoms with E-state index >= 15 is 0 Å². The van der Waals surface area contributed by atoms with Crippen LogP contribution in [0.5, 0.6) is 0 Å². The van der Waals surface area contributed by atoms with Crippen LogP contribution in [0.15, 0.2) is 4.99 Å². The summed E-state index contributed by atoms with van der Waals surface area (Å²) in [5.74, 6) is 1.04. The molecule has 1 unspecified atom stereocenters. The molecule has 3 aliphatic rings. The summed E-state index contributed by atoms with van der Waals surface area (Å²) in [7, 11) is 0. The van der Waals surface area contributed by atoms with E-state index in [0.29, 0.717) is 12.2 Å². The normalized spacial score (nSPS) is 26.9. The third-order valence-corrected chi connectivity index (χ3v) is 5.13. The van der Waals surface area contributed by atoms with Crippen LogP contribution in [0.3, 0.4) is 0 Å². The summed E-state index contributed by atoms with van der Waals surface area (Å²) in [5, 5.41) is 3.44. The average Bonchev–Trinajstić information content (AvgIpc) is 3.09. The van der Waals surface area contributed by atoms with Crippen LogP contribution in [0.2, 0.25) is 0 Å². The van der Waals surface area contributed by atoms with Gasteiger partial charge in [-0.05, 0) is 32.6 Å². The Balaban J connectivity index is 0.00000225. The first kappa shape index (κ1) is 21.2. The molecule has 0 radical (unpaired) electrons. The smallest absolute Gasteiger partial charge is 0.193 e. The molecule has 1 atom stereocenters. The second-order valence-electron chi connectivity index (χ2n) is 7.63. The van der Waals surface area contributed by atoms with Crippen molar-refractivity contribution in [1.29, 1.82) is 0 Å².